The molecule has 0 saturated carbocycles. The van der Waals surface area contributed by atoms with Gasteiger partial charge in [0.25, 0.3) is 5.56 Å². The number of aromatic nitrogens is 1. The van der Waals surface area contributed by atoms with E-state index in [1.165, 1.54) is 19.4 Å². The van der Waals surface area contributed by atoms with Crippen molar-refractivity contribution in [1.82, 2.24) is 4.98 Å². The lowest BCUT2D eigenvalue weighted by Gasteiger charge is -1.90. The molecule has 0 aliphatic carbocycles. The van der Waals surface area contributed by atoms with Gasteiger partial charge in [-0.2, -0.15) is 0 Å². The highest BCUT2D eigenvalue weighted by molar-refractivity contribution is 6.30. The second kappa shape index (κ2) is 4.49. The first-order chi connectivity index (χ1) is 6.63. The molecule has 0 spiro atoms. The lowest BCUT2D eigenvalue weighted by atomic mass is 10.3. The quantitative estimate of drug-likeness (QED) is 0.504. The van der Waals surface area contributed by atoms with Crippen LogP contribution in [0.4, 0.5) is 0 Å². The van der Waals surface area contributed by atoms with Gasteiger partial charge in [-0.05, 0) is 6.07 Å². The van der Waals surface area contributed by atoms with Gasteiger partial charge in [-0.15, -0.1) is 0 Å². The van der Waals surface area contributed by atoms with Gasteiger partial charge in [-0.1, -0.05) is 17.5 Å². The number of carbonyl (C=O) groups excluding carboxylic acids is 1. The van der Waals surface area contributed by atoms with Crippen LogP contribution in [0.25, 0.3) is 0 Å². The average Bonchev–Trinajstić information content (AvgIpc) is 2.19. The van der Waals surface area contributed by atoms with E-state index < -0.39 is 11.5 Å². The Labute approximate surface area is 84.8 Å². The Balaban J connectivity index is 2.97. The van der Waals surface area contributed by atoms with Crippen LogP contribution in [0.2, 0.25) is 5.02 Å². The van der Waals surface area contributed by atoms with Gasteiger partial charge in [0.2, 0.25) is 0 Å². The van der Waals surface area contributed by atoms with E-state index in [1.54, 1.807) is 0 Å². The van der Waals surface area contributed by atoms with Crippen LogP contribution < -0.4 is 5.56 Å². The van der Waals surface area contributed by atoms with Gasteiger partial charge in [-0.25, -0.2) is 4.79 Å². The van der Waals surface area contributed by atoms with Crippen molar-refractivity contribution in [2.24, 2.45) is 0 Å². The topological polar surface area (TPSA) is 59.2 Å². The minimum absolute atomic E-state index is 0.0293. The molecule has 0 radical (unpaired) electrons. The van der Waals surface area contributed by atoms with Crippen molar-refractivity contribution < 1.29 is 9.53 Å². The second-order valence-electron chi connectivity index (χ2n) is 2.31. The van der Waals surface area contributed by atoms with E-state index >= 15 is 0 Å². The van der Waals surface area contributed by atoms with E-state index in [9.17, 15) is 9.59 Å². The Morgan fingerprint density at radius 2 is 2.36 bits per heavy atom. The number of rotatable bonds is 0. The molecule has 0 unspecified atom stereocenters. The highest BCUT2D eigenvalue weighted by Crippen LogP contribution is 2.01. The number of hydrogen-bond donors (Lipinski definition) is 1. The molecule has 14 heavy (non-hydrogen) atoms. The first kappa shape index (κ1) is 10.4. The Bertz CT molecular complexity index is 467. The molecule has 0 aromatic carbocycles. The maximum absolute atomic E-state index is 10.8. The summed E-state index contributed by atoms with van der Waals surface area (Å²) in [7, 11) is 1.23. The molecule has 0 amide bonds. The van der Waals surface area contributed by atoms with Crippen molar-refractivity contribution in [3.8, 4) is 11.8 Å². The molecule has 1 aromatic heterocycles. The molecule has 0 aliphatic heterocycles. The van der Waals surface area contributed by atoms with Crippen LogP contribution in [0.5, 0.6) is 0 Å². The molecule has 0 saturated heterocycles. The second-order valence-corrected chi connectivity index (χ2v) is 2.71. The molecule has 72 valence electrons. The summed E-state index contributed by atoms with van der Waals surface area (Å²) in [5, 5.41) is 0.0293. The molecule has 1 aromatic rings. The zero-order valence-electron chi connectivity index (χ0n) is 7.26. The van der Waals surface area contributed by atoms with Crippen LogP contribution in [0, 0.1) is 11.8 Å². The standard InChI is InChI=1S/C9H6ClNO3/c1-14-8(12)3-2-6-4-7(10)9(13)11-5-6/h4-5H,1H3,(H,11,13). The molecule has 0 fully saturated rings. The predicted octanol–water partition coefficient (Wildman–Crippen LogP) is 0.553. The number of ether oxygens (including phenoxy) is 1. The number of H-pyrrole nitrogens is 1. The fourth-order valence-corrected chi connectivity index (χ4v) is 0.874. The number of hydrogen-bond acceptors (Lipinski definition) is 3. The number of pyridine rings is 1. The van der Waals surface area contributed by atoms with Crippen molar-refractivity contribution in [2.75, 3.05) is 7.11 Å². The first-order valence-electron chi connectivity index (χ1n) is 3.61. The van der Waals surface area contributed by atoms with Crippen LogP contribution in [0.15, 0.2) is 17.1 Å². The predicted molar refractivity (Wildman–Crippen MR) is 51.0 cm³/mol. The summed E-state index contributed by atoms with van der Waals surface area (Å²) < 4.78 is 4.31. The number of esters is 1. The van der Waals surface area contributed by atoms with Crippen molar-refractivity contribution in [2.45, 2.75) is 0 Å². The zero-order chi connectivity index (χ0) is 10.6. The molecule has 1 heterocycles. The SMILES string of the molecule is COC(=O)C#Cc1c[nH]c(=O)c(Cl)c1. The maximum atomic E-state index is 10.8. The van der Waals surface area contributed by atoms with Crippen molar-refractivity contribution in [3.05, 3.63) is 33.2 Å². The summed E-state index contributed by atoms with van der Waals surface area (Å²) in [5.41, 5.74) is 0.0512. The van der Waals surface area contributed by atoms with E-state index in [0.717, 1.165) is 0 Å². The third-order valence-corrected chi connectivity index (χ3v) is 1.63. The van der Waals surface area contributed by atoms with Crippen molar-refractivity contribution >= 4 is 17.6 Å². The third kappa shape index (κ3) is 2.64. The van der Waals surface area contributed by atoms with Crippen LogP contribution in [-0.4, -0.2) is 18.1 Å². The summed E-state index contributed by atoms with van der Waals surface area (Å²) in [4.78, 5) is 23.8. The minimum atomic E-state index is -0.646. The summed E-state index contributed by atoms with van der Waals surface area (Å²) >= 11 is 5.54. The van der Waals surface area contributed by atoms with E-state index in [-0.39, 0.29) is 5.02 Å². The molecule has 0 atom stereocenters. The lowest BCUT2D eigenvalue weighted by Crippen LogP contribution is -2.05. The van der Waals surface area contributed by atoms with Crippen LogP contribution >= 0.6 is 11.6 Å². The van der Waals surface area contributed by atoms with E-state index in [1.807, 2.05) is 0 Å². The van der Waals surface area contributed by atoms with Gasteiger partial charge in [0.15, 0.2) is 0 Å². The van der Waals surface area contributed by atoms with Crippen LogP contribution in [0.1, 0.15) is 5.56 Å². The highest BCUT2D eigenvalue weighted by Gasteiger charge is 1.96. The Kier molecular flexibility index (Phi) is 3.32. The summed E-state index contributed by atoms with van der Waals surface area (Å²) in [5.74, 6) is 4.04. The number of halogens is 1. The lowest BCUT2D eigenvalue weighted by molar-refractivity contribution is -0.133. The first-order valence-corrected chi connectivity index (χ1v) is 3.99. The summed E-state index contributed by atoms with van der Waals surface area (Å²) in [6.07, 6.45) is 1.37. The van der Waals surface area contributed by atoms with E-state index in [2.05, 4.69) is 21.6 Å². The van der Waals surface area contributed by atoms with Gasteiger partial charge < -0.3 is 9.72 Å². The maximum Gasteiger partial charge on any atom is 0.384 e. The number of nitrogens with one attached hydrogen (secondary N) is 1. The Hall–Kier alpha value is -1.73. The van der Waals surface area contributed by atoms with Gasteiger partial charge in [0.1, 0.15) is 5.02 Å². The normalized spacial score (nSPS) is 8.71. The Morgan fingerprint density at radius 1 is 1.64 bits per heavy atom. The molecule has 0 bridgehead atoms. The molecule has 5 heteroatoms. The highest BCUT2D eigenvalue weighted by atomic mass is 35.5. The number of aromatic amines is 1. The molecule has 1 N–H and O–H groups in total. The molecule has 4 nitrogen and oxygen atoms in total. The largest absolute Gasteiger partial charge is 0.459 e. The van der Waals surface area contributed by atoms with Gasteiger partial charge in [0, 0.05) is 17.7 Å². The van der Waals surface area contributed by atoms with Crippen molar-refractivity contribution in [1.29, 1.82) is 0 Å². The van der Waals surface area contributed by atoms with Crippen LogP contribution in [0.3, 0.4) is 0 Å². The summed E-state index contributed by atoms with van der Waals surface area (Å²) in [6.45, 7) is 0. The van der Waals surface area contributed by atoms with E-state index in [4.69, 9.17) is 11.6 Å². The fourth-order valence-electron chi connectivity index (χ4n) is 0.702. The van der Waals surface area contributed by atoms with E-state index in [0.29, 0.717) is 5.56 Å². The van der Waals surface area contributed by atoms with Gasteiger partial charge in [-0.3, -0.25) is 4.79 Å². The van der Waals surface area contributed by atoms with Gasteiger partial charge in [0.05, 0.1) is 7.11 Å². The van der Waals surface area contributed by atoms with Crippen LogP contribution in [-0.2, 0) is 9.53 Å². The number of carbonyl (C=O) groups is 1. The molecule has 1 rings (SSSR count). The monoisotopic (exact) mass is 211 g/mol. The molecule has 0 aliphatic rings. The zero-order valence-corrected chi connectivity index (χ0v) is 8.01. The summed E-state index contributed by atoms with van der Waals surface area (Å²) in [6, 6.07) is 1.37. The average molecular weight is 212 g/mol. The Morgan fingerprint density at radius 3 is 2.93 bits per heavy atom. The third-order valence-electron chi connectivity index (χ3n) is 1.35. The minimum Gasteiger partial charge on any atom is -0.459 e. The van der Waals surface area contributed by atoms with Gasteiger partial charge >= 0.3 is 5.97 Å². The van der Waals surface area contributed by atoms with Crippen molar-refractivity contribution in [3.63, 3.8) is 0 Å². The fraction of sp³-hybridized carbons (Fsp3) is 0.111. The molecular formula is C9H6ClNO3. The smallest absolute Gasteiger partial charge is 0.384 e. The number of methoxy groups -OCH3 is 1. The molecular weight excluding hydrogens is 206 g/mol.